The molecule has 1 aliphatic rings. The van der Waals surface area contributed by atoms with Crippen molar-refractivity contribution >= 4 is 5.91 Å². The maximum absolute atomic E-state index is 10.6. The zero-order valence-corrected chi connectivity index (χ0v) is 7.55. The zero-order valence-electron chi connectivity index (χ0n) is 7.55. The summed E-state index contributed by atoms with van der Waals surface area (Å²) in [7, 11) is 0. The molecule has 0 aromatic rings. The van der Waals surface area contributed by atoms with Gasteiger partial charge in [0.25, 0.3) is 0 Å². The fraction of sp³-hybridized carbons (Fsp3) is 0.889. The lowest BCUT2D eigenvalue weighted by atomic mass is 10.2. The van der Waals surface area contributed by atoms with E-state index in [0.717, 1.165) is 24.3 Å². The number of hydrogen-bond acceptors (Lipinski definition) is 1. The summed E-state index contributed by atoms with van der Waals surface area (Å²) in [6.07, 6.45) is 1.26. The van der Waals surface area contributed by atoms with Crippen LogP contribution in [-0.4, -0.2) is 12.5 Å². The van der Waals surface area contributed by atoms with E-state index in [9.17, 15) is 4.79 Å². The molecule has 1 aliphatic carbocycles. The molecule has 1 rings (SSSR count). The molecule has 1 amide bonds. The van der Waals surface area contributed by atoms with Gasteiger partial charge in [0.15, 0.2) is 0 Å². The third-order valence-electron chi connectivity index (χ3n) is 2.82. The highest BCUT2D eigenvalue weighted by Crippen LogP contribution is 2.47. The molecule has 0 aromatic heterocycles. The Labute approximate surface area is 68.4 Å². The smallest absolute Gasteiger partial charge is 0.216 e. The van der Waals surface area contributed by atoms with Crippen LogP contribution in [0.25, 0.3) is 0 Å². The van der Waals surface area contributed by atoms with E-state index in [1.807, 2.05) is 0 Å². The van der Waals surface area contributed by atoms with E-state index in [1.54, 1.807) is 6.92 Å². The van der Waals surface area contributed by atoms with Crippen molar-refractivity contribution in [2.75, 3.05) is 6.54 Å². The molecule has 0 aliphatic heterocycles. The largest absolute Gasteiger partial charge is 0.356 e. The van der Waals surface area contributed by atoms with Gasteiger partial charge in [0.05, 0.1) is 0 Å². The van der Waals surface area contributed by atoms with Crippen LogP contribution in [0.5, 0.6) is 0 Å². The Kier molecular flexibility index (Phi) is 2.53. The summed E-state index contributed by atoms with van der Waals surface area (Å²) in [6.45, 7) is 6.94. The topological polar surface area (TPSA) is 29.1 Å². The minimum absolute atomic E-state index is 0.0963. The van der Waals surface area contributed by atoms with Crippen molar-refractivity contribution in [3.63, 3.8) is 0 Å². The minimum Gasteiger partial charge on any atom is -0.356 e. The van der Waals surface area contributed by atoms with Crippen LogP contribution in [0, 0.1) is 17.8 Å². The number of nitrogens with one attached hydrogen (secondary N) is 1. The van der Waals surface area contributed by atoms with Gasteiger partial charge in [-0.3, -0.25) is 4.79 Å². The molecule has 0 bridgehead atoms. The Morgan fingerprint density at radius 3 is 2.45 bits per heavy atom. The average molecular weight is 155 g/mol. The van der Waals surface area contributed by atoms with Crippen molar-refractivity contribution in [2.24, 2.45) is 17.8 Å². The average Bonchev–Trinajstić information content (AvgIpc) is 2.56. The van der Waals surface area contributed by atoms with Gasteiger partial charge in [-0.2, -0.15) is 0 Å². The van der Waals surface area contributed by atoms with Crippen LogP contribution < -0.4 is 5.32 Å². The molecule has 0 saturated heterocycles. The van der Waals surface area contributed by atoms with Crippen LogP contribution in [0.15, 0.2) is 0 Å². The first-order valence-electron chi connectivity index (χ1n) is 4.41. The second-order valence-corrected chi connectivity index (χ2v) is 3.53. The van der Waals surface area contributed by atoms with Gasteiger partial charge in [-0.05, 0) is 17.8 Å². The molecule has 3 atom stereocenters. The molecule has 11 heavy (non-hydrogen) atoms. The lowest BCUT2D eigenvalue weighted by Crippen LogP contribution is -2.22. The van der Waals surface area contributed by atoms with Gasteiger partial charge in [-0.1, -0.05) is 20.3 Å². The maximum Gasteiger partial charge on any atom is 0.216 e. The normalized spacial score (nSPS) is 35.0. The Bertz CT molecular complexity index is 156. The van der Waals surface area contributed by atoms with Gasteiger partial charge < -0.3 is 5.32 Å². The summed E-state index contributed by atoms with van der Waals surface area (Å²) >= 11 is 0. The predicted molar refractivity (Wildman–Crippen MR) is 45.1 cm³/mol. The summed E-state index contributed by atoms with van der Waals surface area (Å²) in [4.78, 5) is 10.6. The van der Waals surface area contributed by atoms with Gasteiger partial charge in [-0.15, -0.1) is 0 Å². The third kappa shape index (κ3) is 1.95. The molecule has 0 heterocycles. The van der Waals surface area contributed by atoms with Crippen molar-refractivity contribution in [3.8, 4) is 0 Å². The molecule has 0 aromatic carbocycles. The van der Waals surface area contributed by atoms with Crippen LogP contribution in [-0.2, 0) is 4.79 Å². The quantitative estimate of drug-likeness (QED) is 0.656. The minimum atomic E-state index is 0.0963. The van der Waals surface area contributed by atoms with E-state index in [2.05, 4.69) is 19.2 Å². The molecule has 64 valence electrons. The molecule has 2 nitrogen and oxygen atoms in total. The van der Waals surface area contributed by atoms with Crippen molar-refractivity contribution in [3.05, 3.63) is 0 Å². The fourth-order valence-corrected chi connectivity index (χ4v) is 1.91. The van der Waals surface area contributed by atoms with E-state index in [-0.39, 0.29) is 5.91 Å². The van der Waals surface area contributed by atoms with Gasteiger partial charge in [-0.25, -0.2) is 0 Å². The van der Waals surface area contributed by atoms with Crippen molar-refractivity contribution in [2.45, 2.75) is 27.2 Å². The summed E-state index contributed by atoms with van der Waals surface area (Å²) < 4.78 is 0. The summed E-state index contributed by atoms with van der Waals surface area (Å²) in [5.41, 5.74) is 0. The van der Waals surface area contributed by atoms with Gasteiger partial charge in [0.2, 0.25) is 5.91 Å². The molecule has 1 fully saturated rings. The highest BCUT2D eigenvalue weighted by molar-refractivity contribution is 5.72. The highest BCUT2D eigenvalue weighted by Gasteiger charge is 2.44. The van der Waals surface area contributed by atoms with Gasteiger partial charge in [0, 0.05) is 13.5 Å². The van der Waals surface area contributed by atoms with Crippen LogP contribution in [0.4, 0.5) is 0 Å². The first-order valence-corrected chi connectivity index (χ1v) is 4.41. The number of hydrogen-bond donors (Lipinski definition) is 1. The number of amides is 1. The molecule has 0 spiro atoms. The molecule has 1 saturated carbocycles. The van der Waals surface area contributed by atoms with Crippen LogP contribution >= 0.6 is 0 Å². The van der Waals surface area contributed by atoms with E-state index in [0.29, 0.717) is 0 Å². The number of carbonyl (C=O) groups excluding carboxylic acids is 1. The van der Waals surface area contributed by atoms with Crippen LogP contribution in [0.2, 0.25) is 0 Å². The first kappa shape index (κ1) is 8.57. The first-order chi connectivity index (χ1) is 5.16. The van der Waals surface area contributed by atoms with E-state index >= 15 is 0 Å². The number of rotatable bonds is 3. The fourth-order valence-electron chi connectivity index (χ4n) is 1.91. The Morgan fingerprint density at radius 2 is 2.09 bits per heavy atom. The van der Waals surface area contributed by atoms with E-state index < -0.39 is 0 Å². The second kappa shape index (κ2) is 3.24. The van der Waals surface area contributed by atoms with Crippen LogP contribution in [0.3, 0.4) is 0 Å². The third-order valence-corrected chi connectivity index (χ3v) is 2.82. The van der Waals surface area contributed by atoms with Crippen molar-refractivity contribution < 1.29 is 4.79 Å². The van der Waals surface area contributed by atoms with E-state index in [1.165, 1.54) is 6.42 Å². The molecule has 1 N–H and O–H groups in total. The monoisotopic (exact) mass is 155 g/mol. The number of carbonyl (C=O) groups is 1. The van der Waals surface area contributed by atoms with E-state index in [4.69, 9.17) is 0 Å². The Balaban J connectivity index is 2.15. The van der Waals surface area contributed by atoms with Gasteiger partial charge in [0.1, 0.15) is 0 Å². The standard InChI is InChI=1S/C9H17NO/c1-4-8-6(2)9(8)5-10-7(3)11/h6,8-9H,4-5H2,1-3H3,(H,10,11)/t6?,8-,9-/m1/s1. The summed E-state index contributed by atoms with van der Waals surface area (Å²) in [6, 6.07) is 0. The predicted octanol–water partition coefficient (Wildman–Crippen LogP) is 1.41. The second-order valence-electron chi connectivity index (χ2n) is 3.53. The van der Waals surface area contributed by atoms with Crippen molar-refractivity contribution in [1.82, 2.24) is 5.32 Å². The molecule has 1 unspecified atom stereocenters. The Hall–Kier alpha value is -0.530. The van der Waals surface area contributed by atoms with Crippen molar-refractivity contribution in [1.29, 1.82) is 0 Å². The molecule has 2 heteroatoms. The Morgan fingerprint density at radius 1 is 1.45 bits per heavy atom. The zero-order chi connectivity index (χ0) is 8.43. The lowest BCUT2D eigenvalue weighted by molar-refractivity contribution is -0.119. The SMILES string of the molecule is CC[C@@H]1C(C)[C@H]1CNC(C)=O. The van der Waals surface area contributed by atoms with Crippen LogP contribution in [0.1, 0.15) is 27.2 Å². The van der Waals surface area contributed by atoms with Gasteiger partial charge >= 0.3 is 0 Å². The summed E-state index contributed by atoms with van der Waals surface area (Å²) in [5, 5.41) is 2.86. The maximum atomic E-state index is 10.6. The highest BCUT2D eigenvalue weighted by atomic mass is 16.1. The molecular weight excluding hydrogens is 138 g/mol. The molecule has 0 radical (unpaired) electrons. The molecular formula is C9H17NO. The lowest BCUT2D eigenvalue weighted by Gasteiger charge is -1.98. The summed E-state index contributed by atoms with van der Waals surface area (Å²) in [5.74, 6) is 2.54.